The van der Waals surface area contributed by atoms with Crippen LogP contribution >= 0.6 is 0 Å². The number of benzene rings is 1. The normalized spacial score (nSPS) is 25.1. The third-order valence-corrected chi connectivity index (χ3v) is 2.86. The van der Waals surface area contributed by atoms with Gasteiger partial charge in [-0.1, -0.05) is 30.3 Å². The van der Waals surface area contributed by atoms with Crippen LogP contribution in [0.25, 0.3) is 0 Å². The summed E-state index contributed by atoms with van der Waals surface area (Å²) < 4.78 is 5.72. The summed E-state index contributed by atoms with van der Waals surface area (Å²) in [7, 11) is 0. The first-order valence-electron chi connectivity index (χ1n) is 5.69. The van der Waals surface area contributed by atoms with Crippen molar-refractivity contribution in [2.45, 2.75) is 31.9 Å². The lowest BCUT2D eigenvalue weighted by atomic mass is 9.97. The highest BCUT2D eigenvalue weighted by Gasteiger charge is 2.23. The molecule has 3 heteroatoms. The van der Waals surface area contributed by atoms with Crippen molar-refractivity contribution in [1.82, 2.24) is 5.32 Å². The van der Waals surface area contributed by atoms with E-state index in [1.165, 1.54) is 5.56 Å². The van der Waals surface area contributed by atoms with Crippen molar-refractivity contribution in [2.75, 3.05) is 6.61 Å². The molecule has 0 aromatic heterocycles. The summed E-state index contributed by atoms with van der Waals surface area (Å²) in [5.74, 6) is 0.0405. The Balaban J connectivity index is 1.99. The van der Waals surface area contributed by atoms with Crippen molar-refractivity contribution >= 4 is 5.91 Å². The van der Waals surface area contributed by atoms with E-state index in [1.807, 2.05) is 18.2 Å². The topological polar surface area (TPSA) is 38.3 Å². The van der Waals surface area contributed by atoms with Crippen LogP contribution in [0.1, 0.15) is 31.4 Å². The maximum Gasteiger partial charge on any atom is 0.217 e. The van der Waals surface area contributed by atoms with E-state index >= 15 is 0 Å². The number of rotatable bonds is 2. The van der Waals surface area contributed by atoms with E-state index < -0.39 is 0 Å². The summed E-state index contributed by atoms with van der Waals surface area (Å²) in [6.45, 7) is 2.28. The summed E-state index contributed by atoms with van der Waals surface area (Å²) >= 11 is 0. The predicted molar refractivity (Wildman–Crippen MR) is 62.0 cm³/mol. The number of amides is 1. The van der Waals surface area contributed by atoms with Gasteiger partial charge < -0.3 is 10.1 Å². The van der Waals surface area contributed by atoms with Gasteiger partial charge >= 0.3 is 0 Å². The quantitative estimate of drug-likeness (QED) is 0.826. The molecule has 0 unspecified atom stereocenters. The van der Waals surface area contributed by atoms with Crippen molar-refractivity contribution in [3.8, 4) is 0 Å². The highest BCUT2D eigenvalue weighted by atomic mass is 16.5. The molecule has 0 spiro atoms. The molecule has 1 saturated heterocycles. The molecule has 0 radical (unpaired) electrons. The van der Waals surface area contributed by atoms with Crippen molar-refractivity contribution in [3.05, 3.63) is 35.9 Å². The lowest BCUT2D eigenvalue weighted by Crippen LogP contribution is -2.38. The Kier molecular flexibility index (Phi) is 3.57. The third kappa shape index (κ3) is 2.83. The van der Waals surface area contributed by atoms with Crippen LogP contribution in [0.15, 0.2) is 30.3 Å². The van der Waals surface area contributed by atoms with Crippen molar-refractivity contribution < 1.29 is 9.53 Å². The molecule has 0 bridgehead atoms. The van der Waals surface area contributed by atoms with Crippen LogP contribution in [-0.4, -0.2) is 18.6 Å². The number of hydrogen-bond donors (Lipinski definition) is 1. The fraction of sp³-hybridized carbons (Fsp3) is 0.462. The van der Waals surface area contributed by atoms with Crippen LogP contribution in [0.3, 0.4) is 0 Å². The first kappa shape index (κ1) is 11.1. The summed E-state index contributed by atoms with van der Waals surface area (Å²) in [4.78, 5) is 11.0. The van der Waals surface area contributed by atoms with Crippen LogP contribution in [0, 0.1) is 0 Å². The second-order valence-corrected chi connectivity index (χ2v) is 4.19. The molecule has 2 rings (SSSR count). The fourth-order valence-electron chi connectivity index (χ4n) is 2.12. The average molecular weight is 219 g/mol. The minimum absolute atomic E-state index is 0.0405. The summed E-state index contributed by atoms with van der Waals surface area (Å²) in [6, 6.07) is 10.4. The average Bonchev–Trinajstić information content (AvgIpc) is 2.30. The number of carbonyl (C=O) groups is 1. The Bertz CT molecular complexity index is 350. The molecule has 1 heterocycles. The Morgan fingerprint density at radius 1 is 1.38 bits per heavy atom. The fourth-order valence-corrected chi connectivity index (χ4v) is 2.12. The van der Waals surface area contributed by atoms with Gasteiger partial charge in [-0.25, -0.2) is 0 Å². The van der Waals surface area contributed by atoms with Gasteiger partial charge in [0.05, 0.1) is 6.10 Å². The second kappa shape index (κ2) is 5.12. The van der Waals surface area contributed by atoms with E-state index in [4.69, 9.17) is 4.74 Å². The van der Waals surface area contributed by atoms with Gasteiger partial charge in [0.1, 0.15) is 0 Å². The maximum absolute atomic E-state index is 11.0. The van der Waals surface area contributed by atoms with E-state index in [1.54, 1.807) is 6.92 Å². The Hall–Kier alpha value is -1.35. The van der Waals surface area contributed by atoms with Gasteiger partial charge in [0, 0.05) is 19.6 Å². The van der Waals surface area contributed by atoms with Crippen molar-refractivity contribution in [2.24, 2.45) is 0 Å². The van der Waals surface area contributed by atoms with Gasteiger partial charge in [-0.15, -0.1) is 0 Å². The molecule has 1 aromatic rings. The first-order chi connectivity index (χ1) is 7.75. The van der Waals surface area contributed by atoms with Crippen LogP contribution in [-0.2, 0) is 9.53 Å². The van der Waals surface area contributed by atoms with E-state index in [-0.39, 0.29) is 18.1 Å². The standard InChI is InChI=1S/C13H17NO2/c1-10(15)14-12-7-8-16-13(9-12)11-5-3-2-4-6-11/h2-6,12-13H,7-9H2,1H3,(H,14,15)/t12-,13-/m1/s1. The molecular formula is C13H17NO2. The first-order valence-corrected chi connectivity index (χ1v) is 5.69. The van der Waals surface area contributed by atoms with Gasteiger partial charge in [0.2, 0.25) is 5.91 Å². The molecule has 0 saturated carbocycles. The summed E-state index contributed by atoms with van der Waals surface area (Å²) in [6.07, 6.45) is 1.89. The smallest absolute Gasteiger partial charge is 0.217 e. The van der Waals surface area contributed by atoms with Crippen LogP contribution in [0.5, 0.6) is 0 Å². The molecule has 3 nitrogen and oxygen atoms in total. The summed E-state index contributed by atoms with van der Waals surface area (Å²) in [5, 5.41) is 2.96. The molecule has 1 aromatic carbocycles. The van der Waals surface area contributed by atoms with Gasteiger partial charge in [0.15, 0.2) is 0 Å². The van der Waals surface area contributed by atoms with Crippen LogP contribution < -0.4 is 5.32 Å². The molecule has 1 amide bonds. The lowest BCUT2D eigenvalue weighted by molar-refractivity contribution is -0.120. The molecular weight excluding hydrogens is 202 g/mol. The van der Waals surface area contributed by atoms with Gasteiger partial charge in [0.25, 0.3) is 0 Å². The number of carbonyl (C=O) groups excluding carboxylic acids is 1. The van der Waals surface area contributed by atoms with Gasteiger partial charge in [-0.05, 0) is 18.4 Å². The zero-order valence-electron chi connectivity index (χ0n) is 9.48. The summed E-state index contributed by atoms with van der Waals surface area (Å²) in [5.41, 5.74) is 1.19. The minimum atomic E-state index is 0.0405. The van der Waals surface area contributed by atoms with Gasteiger partial charge in [-0.3, -0.25) is 4.79 Å². The number of ether oxygens (including phenoxy) is 1. The van der Waals surface area contributed by atoms with E-state index in [9.17, 15) is 4.79 Å². The monoisotopic (exact) mass is 219 g/mol. The maximum atomic E-state index is 11.0. The zero-order valence-corrected chi connectivity index (χ0v) is 9.48. The highest BCUT2D eigenvalue weighted by molar-refractivity contribution is 5.73. The van der Waals surface area contributed by atoms with Crippen LogP contribution in [0.4, 0.5) is 0 Å². The largest absolute Gasteiger partial charge is 0.373 e. The van der Waals surface area contributed by atoms with Crippen molar-refractivity contribution in [3.63, 3.8) is 0 Å². The molecule has 86 valence electrons. The Labute approximate surface area is 95.8 Å². The highest BCUT2D eigenvalue weighted by Crippen LogP contribution is 2.27. The van der Waals surface area contributed by atoms with Gasteiger partial charge in [-0.2, -0.15) is 0 Å². The predicted octanol–water partition coefficient (Wildman–Crippen LogP) is 2.04. The molecule has 2 atom stereocenters. The minimum Gasteiger partial charge on any atom is -0.373 e. The second-order valence-electron chi connectivity index (χ2n) is 4.19. The SMILES string of the molecule is CC(=O)N[C@@H]1CCO[C@@H](c2ccccc2)C1. The lowest BCUT2D eigenvalue weighted by Gasteiger charge is -2.30. The number of hydrogen-bond acceptors (Lipinski definition) is 2. The third-order valence-electron chi connectivity index (χ3n) is 2.86. The number of nitrogens with one attached hydrogen (secondary N) is 1. The van der Waals surface area contributed by atoms with E-state index in [0.717, 1.165) is 12.8 Å². The molecule has 1 N–H and O–H groups in total. The zero-order chi connectivity index (χ0) is 11.4. The van der Waals surface area contributed by atoms with E-state index in [2.05, 4.69) is 17.4 Å². The molecule has 1 fully saturated rings. The molecule has 1 aliphatic heterocycles. The Morgan fingerprint density at radius 2 is 2.12 bits per heavy atom. The van der Waals surface area contributed by atoms with E-state index in [0.29, 0.717) is 6.61 Å². The van der Waals surface area contributed by atoms with Crippen LogP contribution in [0.2, 0.25) is 0 Å². The molecule has 16 heavy (non-hydrogen) atoms. The van der Waals surface area contributed by atoms with Crippen molar-refractivity contribution in [1.29, 1.82) is 0 Å². The molecule has 0 aliphatic carbocycles. The Morgan fingerprint density at radius 3 is 2.81 bits per heavy atom. The molecule has 1 aliphatic rings.